The molecule has 21 heavy (non-hydrogen) atoms. The highest BCUT2D eigenvalue weighted by Crippen LogP contribution is 2.43. The van der Waals surface area contributed by atoms with Gasteiger partial charge in [0.1, 0.15) is 5.69 Å². The Hall–Kier alpha value is -2.04. The summed E-state index contributed by atoms with van der Waals surface area (Å²) in [4.78, 5) is 4.26. The third-order valence-electron chi connectivity index (χ3n) is 3.19. The molecule has 0 aliphatic carbocycles. The predicted octanol–water partition coefficient (Wildman–Crippen LogP) is 4.60. The van der Waals surface area contributed by atoms with E-state index in [1.807, 2.05) is 19.1 Å². The smallest absolute Gasteiger partial charge is 0.230 e. The van der Waals surface area contributed by atoms with Crippen molar-refractivity contribution >= 4 is 29.1 Å². The van der Waals surface area contributed by atoms with Gasteiger partial charge in [0.05, 0.1) is 15.6 Å². The van der Waals surface area contributed by atoms with Crippen LogP contribution in [-0.2, 0) is 0 Å². The normalized spacial score (nSPS) is 10.8. The van der Waals surface area contributed by atoms with Gasteiger partial charge in [-0.15, -0.1) is 0 Å². The maximum absolute atomic E-state index is 6.27. The number of halogens is 2. The van der Waals surface area contributed by atoms with Crippen LogP contribution in [0.15, 0.2) is 41.1 Å². The fraction of sp³-hybridized carbons (Fsp3) is 0.0667. The van der Waals surface area contributed by atoms with Crippen LogP contribution in [0.5, 0.6) is 0 Å². The topological polar surface area (TPSA) is 64.9 Å². The van der Waals surface area contributed by atoms with Crippen molar-refractivity contribution in [3.63, 3.8) is 0 Å². The Morgan fingerprint density at radius 3 is 2.43 bits per heavy atom. The number of nitrogen functional groups attached to an aromatic ring is 1. The molecule has 0 atom stereocenters. The lowest BCUT2D eigenvalue weighted by Gasteiger charge is -2.08. The second-order valence-corrected chi connectivity index (χ2v) is 5.32. The highest BCUT2D eigenvalue weighted by molar-refractivity contribution is 6.39. The summed E-state index contributed by atoms with van der Waals surface area (Å²) in [6.45, 7) is 1.89. The fourth-order valence-corrected chi connectivity index (χ4v) is 2.79. The number of pyridine rings is 1. The van der Waals surface area contributed by atoms with Crippen molar-refractivity contribution in [1.82, 2.24) is 10.1 Å². The number of aryl methyl sites for hydroxylation is 1. The largest absolute Gasteiger partial charge is 0.367 e. The first-order chi connectivity index (χ1) is 10.1. The molecule has 0 aliphatic heterocycles. The van der Waals surface area contributed by atoms with Gasteiger partial charge in [0, 0.05) is 23.0 Å². The number of aromatic nitrogens is 2. The molecule has 0 saturated heterocycles. The van der Waals surface area contributed by atoms with Crippen molar-refractivity contribution in [2.24, 2.45) is 0 Å². The zero-order chi connectivity index (χ0) is 15.0. The summed E-state index contributed by atoms with van der Waals surface area (Å²) >= 11 is 12.5. The van der Waals surface area contributed by atoms with Crippen LogP contribution in [0.2, 0.25) is 10.0 Å². The van der Waals surface area contributed by atoms with Crippen LogP contribution in [0.4, 0.5) is 5.88 Å². The Morgan fingerprint density at radius 1 is 1.05 bits per heavy atom. The zero-order valence-electron chi connectivity index (χ0n) is 11.1. The Kier molecular flexibility index (Phi) is 3.57. The predicted molar refractivity (Wildman–Crippen MR) is 84.3 cm³/mol. The van der Waals surface area contributed by atoms with Crippen LogP contribution in [0.1, 0.15) is 5.69 Å². The monoisotopic (exact) mass is 319 g/mol. The van der Waals surface area contributed by atoms with E-state index in [2.05, 4.69) is 10.1 Å². The molecule has 1 aromatic carbocycles. The molecule has 3 aromatic rings. The van der Waals surface area contributed by atoms with Gasteiger partial charge in [-0.3, -0.25) is 4.98 Å². The molecule has 0 bridgehead atoms. The van der Waals surface area contributed by atoms with Gasteiger partial charge >= 0.3 is 0 Å². The van der Waals surface area contributed by atoms with Gasteiger partial charge in [-0.25, -0.2) is 0 Å². The first-order valence-electron chi connectivity index (χ1n) is 6.21. The number of nitrogens with two attached hydrogens (primary N) is 1. The van der Waals surface area contributed by atoms with Gasteiger partial charge in [0.25, 0.3) is 0 Å². The molecule has 2 aromatic heterocycles. The number of hydrogen-bond acceptors (Lipinski definition) is 4. The molecule has 0 aliphatic rings. The lowest BCUT2D eigenvalue weighted by Crippen LogP contribution is -1.92. The quantitative estimate of drug-likeness (QED) is 0.749. The Morgan fingerprint density at radius 2 is 1.76 bits per heavy atom. The van der Waals surface area contributed by atoms with E-state index in [0.29, 0.717) is 26.9 Å². The highest BCUT2D eigenvalue weighted by atomic mass is 35.5. The minimum Gasteiger partial charge on any atom is -0.367 e. The van der Waals surface area contributed by atoms with Crippen molar-refractivity contribution < 1.29 is 4.52 Å². The molecule has 0 amide bonds. The standard InChI is InChI=1S/C15H11Cl2N3O/c1-8-9(4-3-7-19-8)14-13(15(18)21-20-14)12-10(16)5-2-6-11(12)17/h2-7H,18H2,1H3. The number of benzene rings is 1. The van der Waals surface area contributed by atoms with Crippen LogP contribution in [0, 0.1) is 6.92 Å². The van der Waals surface area contributed by atoms with Crippen molar-refractivity contribution in [1.29, 1.82) is 0 Å². The van der Waals surface area contributed by atoms with E-state index in [1.54, 1.807) is 24.4 Å². The molecule has 2 heterocycles. The summed E-state index contributed by atoms with van der Waals surface area (Å²) in [5.74, 6) is 0.170. The maximum atomic E-state index is 6.27. The molecule has 0 saturated carbocycles. The van der Waals surface area contributed by atoms with E-state index in [0.717, 1.165) is 11.3 Å². The van der Waals surface area contributed by atoms with E-state index in [-0.39, 0.29) is 5.88 Å². The van der Waals surface area contributed by atoms with E-state index in [1.165, 1.54) is 0 Å². The second-order valence-electron chi connectivity index (χ2n) is 4.50. The summed E-state index contributed by atoms with van der Waals surface area (Å²) in [6.07, 6.45) is 1.71. The maximum Gasteiger partial charge on any atom is 0.230 e. The average Bonchev–Trinajstić information content (AvgIpc) is 2.81. The summed E-state index contributed by atoms with van der Waals surface area (Å²) < 4.78 is 5.15. The van der Waals surface area contributed by atoms with Crippen molar-refractivity contribution in [3.8, 4) is 22.4 Å². The number of anilines is 1. The molecule has 6 heteroatoms. The van der Waals surface area contributed by atoms with Gasteiger partial charge in [-0.05, 0) is 31.2 Å². The average molecular weight is 320 g/mol. The van der Waals surface area contributed by atoms with Gasteiger partial charge in [-0.2, -0.15) is 0 Å². The molecule has 2 N–H and O–H groups in total. The molecular weight excluding hydrogens is 309 g/mol. The lowest BCUT2D eigenvalue weighted by molar-refractivity contribution is 0.439. The number of nitrogens with zero attached hydrogens (tertiary/aromatic N) is 2. The number of hydrogen-bond donors (Lipinski definition) is 1. The second kappa shape index (κ2) is 5.39. The van der Waals surface area contributed by atoms with Gasteiger partial charge < -0.3 is 10.3 Å². The summed E-state index contributed by atoms with van der Waals surface area (Å²) in [7, 11) is 0. The van der Waals surface area contributed by atoms with E-state index in [4.69, 9.17) is 33.5 Å². The Balaban J connectivity index is 2.31. The van der Waals surface area contributed by atoms with Gasteiger partial charge in [0.2, 0.25) is 5.88 Å². The van der Waals surface area contributed by atoms with E-state index < -0.39 is 0 Å². The van der Waals surface area contributed by atoms with Crippen LogP contribution in [0.3, 0.4) is 0 Å². The fourth-order valence-electron chi connectivity index (χ4n) is 2.20. The van der Waals surface area contributed by atoms with Crippen LogP contribution < -0.4 is 5.73 Å². The molecular formula is C15H11Cl2N3O. The molecule has 4 nitrogen and oxygen atoms in total. The third kappa shape index (κ3) is 2.37. The Labute approximate surface area is 131 Å². The first kappa shape index (κ1) is 13.9. The number of rotatable bonds is 2. The highest BCUT2D eigenvalue weighted by Gasteiger charge is 2.22. The molecule has 3 rings (SSSR count). The molecule has 0 unspecified atom stereocenters. The molecule has 0 fully saturated rings. The SMILES string of the molecule is Cc1ncccc1-c1noc(N)c1-c1c(Cl)cccc1Cl. The molecule has 0 spiro atoms. The lowest BCUT2D eigenvalue weighted by atomic mass is 10.00. The van der Waals surface area contributed by atoms with E-state index >= 15 is 0 Å². The summed E-state index contributed by atoms with van der Waals surface area (Å²) in [5.41, 5.74) is 9.34. The minimum atomic E-state index is 0.170. The van der Waals surface area contributed by atoms with Crippen LogP contribution >= 0.6 is 23.2 Å². The minimum absolute atomic E-state index is 0.170. The van der Waals surface area contributed by atoms with Crippen molar-refractivity contribution in [2.75, 3.05) is 5.73 Å². The molecule has 106 valence electrons. The van der Waals surface area contributed by atoms with Crippen molar-refractivity contribution in [3.05, 3.63) is 52.3 Å². The first-order valence-corrected chi connectivity index (χ1v) is 6.96. The van der Waals surface area contributed by atoms with Crippen LogP contribution in [-0.4, -0.2) is 10.1 Å². The Bertz CT molecular complexity index is 794. The zero-order valence-corrected chi connectivity index (χ0v) is 12.6. The van der Waals surface area contributed by atoms with E-state index in [9.17, 15) is 0 Å². The van der Waals surface area contributed by atoms with Crippen molar-refractivity contribution in [2.45, 2.75) is 6.92 Å². The van der Waals surface area contributed by atoms with Crippen LogP contribution in [0.25, 0.3) is 22.4 Å². The third-order valence-corrected chi connectivity index (χ3v) is 3.82. The van der Waals surface area contributed by atoms with Gasteiger partial charge in [0.15, 0.2) is 0 Å². The molecule has 0 radical (unpaired) electrons. The van der Waals surface area contributed by atoms with Gasteiger partial charge in [-0.1, -0.05) is 34.4 Å². The summed E-state index contributed by atoms with van der Waals surface area (Å²) in [5, 5.41) is 5.02. The summed E-state index contributed by atoms with van der Waals surface area (Å²) in [6, 6.07) is 8.98.